The maximum absolute atomic E-state index is 13.0. The number of aryl methyl sites for hydroxylation is 1. The Hall–Kier alpha value is -2.93. The second-order valence-corrected chi connectivity index (χ2v) is 7.06. The summed E-state index contributed by atoms with van der Waals surface area (Å²) in [5.41, 5.74) is 7.39. The van der Waals surface area contributed by atoms with E-state index in [1.54, 1.807) is 12.3 Å². The predicted molar refractivity (Wildman–Crippen MR) is 103 cm³/mol. The molecule has 4 rings (SSSR count). The van der Waals surface area contributed by atoms with Crippen LogP contribution in [-0.4, -0.2) is 51.9 Å². The fraction of sp³-hybridized carbons (Fsp3) is 0.350. The lowest BCUT2D eigenvalue weighted by Gasteiger charge is -2.23. The number of amides is 1. The molecule has 1 aliphatic heterocycles. The van der Waals surface area contributed by atoms with E-state index in [1.807, 2.05) is 43.1 Å². The standard InChI is InChI=1S/C20H23N5O2/c1-13-15-5-3-4-6-16(15)27-19(13)20(26)25-10-8-14(11-25)24(2)12-18-22-9-7-17(21)23-18/h3-7,9,14H,8,10-12H2,1-2H3,(H2,21,22,23)/t14-/m0/s1. The molecule has 140 valence electrons. The van der Waals surface area contributed by atoms with Gasteiger partial charge in [0.05, 0.1) is 6.54 Å². The third kappa shape index (κ3) is 3.38. The Morgan fingerprint density at radius 2 is 2.19 bits per heavy atom. The Bertz CT molecular complexity index is 983. The van der Waals surface area contributed by atoms with Crippen molar-refractivity contribution < 1.29 is 9.21 Å². The number of nitrogen functional groups attached to an aromatic ring is 1. The topological polar surface area (TPSA) is 88.5 Å². The molecule has 3 heterocycles. The SMILES string of the molecule is Cc1c(C(=O)N2CC[C@H](N(C)Cc3nccc(N)n3)C2)oc2ccccc12. The smallest absolute Gasteiger partial charge is 0.289 e. The Morgan fingerprint density at radius 3 is 2.96 bits per heavy atom. The molecule has 1 amide bonds. The maximum Gasteiger partial charge on any atom is 0.289 e. The molecule has 1 fully saturated rings. The molecule has 3 aromatic rings. The number of rotatable bonds is 4. The molecule has 0 bridgehead atoms. The van der Waals surface area contributed by atoms with Gasteiger partial charge in [-0.3, -0.25) is 9.69 Å². The number of furan rings is 1. The number of aromatic nitrogens is 2. The van der Waals surface area contributed by atoms with Gasteiger partial charge in [-0.25, -0.2) is 9.97 Å². The van der Waals surface area contributed by atoms with Crippen molar-refractivity contribution >= 4 is 22.7 Å². The van der Waals surface area contributed by atoms with E-state index >= 15 is 0 Å². The average molecular weight is 365 g/mol. The third-order valence-corrected chi connectivity index (χ3v) is 5.23. The van der Waals surface area contributed by atoms with Crippen molar-refractivity contribution in [2.75, 3.05) is 25.9 Å². The monoisotopic (exact) mass is 365 g/mol. The van der Waals surface area contributed by atoms with Gasteiger partial charge in [-0.1, -0.05) is 18.2 Å². The Kier molecular flexibility index (Phi) is 4.53. The van der Waals surface area contributed by atoms with E-state index in [1.165, 1.54) is 0 Å². The number of fused-ring (bicyclic) bond motifs is 1. The van der Waals surface area contributed by atoms with Crippen LogP contribution in [0.1, 0.15) is 28.4 Å². The van der Waals surface area contributed by atoms with E-state index in [0.717, 1.165) is 23.0 Å². The molecular formula is C20H23N5O2. The average Bonchev–Trinajstić information content (AvgIpc) is 3.27. The van der Waals surface area contributed by atoms with Crippen molar-refractivity contribution in [1.82, 2.24) is 19.8 Å². The van der Waals surface area contributed by atoms with Gasteiger partial charge in [0, 0.05) is 36.3 Å². The molecule has 0 unspecified atom stereocenters. The van der Waals surface area contributed by atoms with Crippen LogP contribution < -0.4 is 5.73 Å². The van der Waals surface area contributed by atoms with Crippen LogP contribution in [0.25, 0.3) is 11.0 Å². The number of para-hydroxylation sites is 1. The van der Waals surface area contributed by atoms with E-state index in [4.69, 9.17) is 10.2 Å². The molecule has 1 aliphatic rings. The highest BCUT2D eigenvalue weighted by molar-refractivity contribution is 5.99. The molecule has 1 saturated heterocycles. The van der Waals surface area contributed by atoms with Gasteiger partial charge >= 0.3 is 0 Å². The molecule has 7 heteroatoms. The van der Waals surface area contributed by atoms with Crippen LogP contribution in [0.2, 0.25) is 0 Å². The number of carbonyl (C=O) groups is 1. The number of nitrogens with zero attached hydrogens (tertiary/aromatic N) is 4. The summed E-state index contributed by atoms with van der Waals surface area (Å²) < 4.78 is 5.84. The summed E-state index contributed by atoms with van der Waals surface area (Å²) in [6, 6.07) is 9.68. The predicted octanol–water partition coefficient (Wildman–Crippen LogP) is 2.46. The van der Waals surface area contributed by atoms with Crippen molar-refractivity contribution in [1.29, 1.82) is 0 Å². The molecular weight excluding hydrogens is 342 g/mol. The summed E-state index contributed by atoms with van der Waals surface area (Å²) in [7, 11) is 2.03. The van der Waals surface area contributed by atoms with Gasteiger partial charge < -0.3 is 15.1 Å². The Labute approximate surface area is 157 Å². The zero-order valence-electron chi connectivity index (χ0n) is 15.6. The van der Waals surface area contributed by atoms with Crippen LogP contribution >= 0.6 is 0 Å². The highest BCUT2D eigenvalue weighted by Gasteiger charge is 2.32. The summed E-state index contributed by atoms with van der Waals surface area (Å²) in [5, 5.41) is 0.993. The van der Waals surface area contributed by atoms with Gasteiger partial charge in [0.2, 0.25) is 0 Å². The third-order valence-electron chi connectivity index (χ3n) is 5.23. The van der Waals surface area contributed by atoms with Gasteiger partial charge in [0.25, 0.3) is 5.91 Å². The van der Waals surface area contributed by atoms with Crippen LogP contribution in [0.3, 0.4) is 0 Å². The Morgan fingerprint density at radius 1 is 1.37 bits per heavy atom. The fourth-order valence-electron chi connectivity index (χ4n) is 3.65. The molecule has 27 heavy (non-hydrogen) atoms. The highest BCUT2D eigenvalue weighted by atomic mass is 16.3. The number of likely N-dealkylation sites (tertiary alicyclic amines) is 1. The zero-order chi connectivity index (χ0) is 19.0. The summed E-state index contributed by atoms with van der Waals surface area (Å²) in [5.74, 6) is 1.56. The molecule has 0 radical (unpaired) electrons. The summed E-state index contributed by atoms with van der Waals surface area (Å²) >= 11 is 0. The Balaban J connectivity index is 1.45. The van der Waals surface area contributed by atoms with E-state index in [0.29, 0.717) is 37.0 Å². The van der Waals surface area contributed by atoms with Crippen LogP contribution in [0, 0.1) is 6.92 Å². The molecule has 0 saturated carbocycles. The molecule has 7 nitrogen and oxygen atoms in total. The van der Waals surface area contributed by atoms with Crippen molar-refractivity contribution in [3.63, 3.8) is 0 Å². The molecule has 1 atom stereocenters. The number of hydrogen-bond donors (Lipinski definition) is 1. The molecule has 0 aliphatic carbocycles. The zero-order valence-corrected chi connectivity index (χ0v) is 15.6. The van der Waals surface area contributed by atoms with E-state index in [-0.39, 0.29) is 11.9 Å². The lowest BCUT2D eigenvalue weighted by Crippen LogP contribution is -2.36. The van der Waals surface area contributed by atoms with Crippen molar-refractivity contribution in [2.45, 2.75) is 25.9 Å². The van der Waals surface area contributed by atoms with Crippen LogP contribution in [0.4, 0.5) is 5.82 Å². The second-order valence-electron chi connectivity index (χ2n) is 7.06. The lowest BCUT2D eigenvalue weighted by molar-refractivity contribution is 0.0749. The van der Waals surface area contributed by atoms with Crippen LogP contribution in [-0.2, 0) is 6.54 Å². The van der Waals surface area contributed by atoms with Gasteiger partial charge in [0.15, 0.2) is 5.76 Å². The number of carbonyl (C=O) groups excluding carboxylic acids is 1. The highest BCUT2D eigenvalue weighted by Crippen LogP contribution is 2.27. The van der Waals surface area contributed by atoms with Crippen molar-refractivity contribution in [2.24, 2.45) is 0 Å². The van der Waals surface area contributed by atoms with E-state index in [2.05, 4.69) is 14.9 Å². The van der Waals surface area contributed by atoms with Gasteiger partial charge in [-0.2, -0.15) is 0 Å². The van der Waals surface area contributed by atoms with Crippen LogP contribution in [0.5, 0.6) is 0 Å². The summed E-state index contributed by atoms with van der Waals surface area (Å²) in [6.07, 6.45) is 2.57. The minimum Gasteiger partial charge on any atom is -0.451 e. The summed E-state index contributed by atoms with van der Waals surface area (Å²) in [4.78, 5) is 25.5. The van der Waals surface area contributed by atoms with Gasteiger partial charge in [-0.15, -0.1) is 0 Å². The quantitative estimate of drug-likeness (QED) is 0.764. The molecule has 1 aromatic carbocycles. The molecule has 0 spiro atoms. The number of benzene rings is 1. The number of nitrogens with two attached hydrogens (primary N) is 1. The normalized spacial score (nSPS) is 17.1. The molecule has 2 N–H and O–H groups in total. The minimum absolute atomic E-state index is 0.0418. The lowest BCUT2D eigenvalue weighted by atomic mass is 10.1. The first kappa shape index (κ1) is 17.5. The van der Waals surface area contributed by atoms with Crippen molar-refractivity contribution in [3.05, 3.63) is 53.7 Å². The van der Waals surface area contributed by atoms with Crippen molar-refractivity contribution in [3.8, 4) is 0 Å². The van der Waals surface area contributed by atoms with Gasteiger partial charge in [-0.05, 0) is 32.5 Å². The summed E-state index contributed by atoms with van der Waals surface area (Å²) in [6.45, 7) is 3.91. The number of likely N-dealkylation sites (N-methyl/N-ethyl adjacent to an activating group) is 1. The first-order valence-corrected chi connectivity index (χ1v) is 9.08. The first-order chi connectivity index (χ1) is 13.0. The van der Waals surface area contributed by atoms with Crippen LogP contribution in [0.15, 0.2) is 40.9 Å². The maximum atomic E-state index is 13.0. The second kappa shape index (κ2) is 7.00. The van der Waals surface area contributed by atoms with Gasteiger partial charge in [0.1, 0.15) is 17.2 Å². The van der Waals surface area contributed by atoms with E-state index < -0.39 is 0 Å². The minimum atomic E-state index is -0.0418. The number of anilines is 1. The molecule has 2 aromatic heterocycles. The number of hydrogen-bond acceptors (Lipinski definition) is 6. The van der Waals surface area contributed by atoms with E-state index in [9.17, 15) is 4.79 Å². The first-order valence-electron chi connectivity index (χ1n) is 9.08. The fourth-order valence-corrected chi connectivity index (χ4v) is 3.65. The largest absolute Gasteiger partial charge is 0.451 e.